The molecule has 0 aliphatic heterocycles. The zero-order valence-electron chi connectivity index (χ0n) is 18.2. The van der Waals surface area contributed by atoms with Crippen molar-refractivity contribution in [3.63, 3.8) is 0 Å². The number of imidazole rings is 1. The Bertz CT molecular complexity index is 1230. The number of thiazole rings is 1. The van der Waals surface area contributed by atoms with Gasteiger partial charge in [0, 0.05) is 25.5 Å². The van der Waals surface area contributed by atoms with E-state index in [1.165, 1.54) is 11.3 Å². The van der Waals surface area contributed by atoms with E-state index in [9.17, 15) is 4.79 Å². The van der Waals surface area contributed by atoms with Crippen LogP contribution in [0.4, 0.5) is 5.13 Å². The van der Waals surface area contributed by atoms with Gasteiger partial charge in [0.25, 0.3) is 5.91 Å². The van der Waals surface area contributed by atoms with Crippen molar-refractivity contribution < 1.29 is 19.0 Å². The third-order valence-corrected chi connectivity index (χ3v) is 6.52. The van der Waals surface area contributed by atoms with Crippen LogP contribution in [0.3, 0.4) is 0 Å². The number of methoxy groups -OCH3 is 2. The van der Waals surface area contributed by atoms with Crippen LogP contribution in [0.2, 0.25) is 5.02 Å². The van der Waals surface area contributed by atoms with Crippen molar-refractivity contribution in [3.05, 3.63) is 60.1 Å². The molecule has 0 saturated carbocycles. The van der Waals surface area contributed by atoms with Crippen LogP contribution in [0.15, 0.2) is 55.1 Å². The lowest BCUT2D eigenvalue weighted by atomic mass is 10.3. The summed E-state index contributed by atoms with van der Waals surface area (Å²) in [5, 5.41) is 1.10. The summed E-state index contributed by atoms with van der Waals surface area (Å²) in [7, 11) is 3.14. The fraction of sp³-hybridized carbons (Fsp3) is 0.261. The number of para-hydroxylation sites is 2. The highest BCUT2D eigenvalue weighted by Gasteiger charge is 2.22. The number of rotatable bonds is 10. The van der Waals surface area contributed by atoms with Gasteiger partial charge in [-0.2, -0.15) is 0 Å². The lowest BCUT2D eigenvalue weighted by Crippen LogP contribution is -2.36. The Kier molecular flexibility index (Phi) is 7.31. The summed E-state index contributed by atoms with van der Waals surface area (Å²) in [5.41, 5.74) is 0.628. The highest BCUT2D eigenvalue weighted by atomic mass is 35.5. The smallest absolute Gasteiger partial charge is 0.266 e. The quantitative estimate of drug-likeness (QED) is 0.324. The molecule has 8 nitrogen and oxygen atoms in total. The minimum atomic E-state index is -0.222. The number of nitrogens with zero attached hydrogens (tertiary/aromatic N) is 4. The highest BCUT2D eigenvalue weighted by Crippen LogP contribution is 2.39. The summed E-state index contributed by atoms with van der Waals surface area (Å²) in [6, 6.07) is 10.7. The summed E-state index contributed by atoms with van der Waals surface area (Å²) < 4.78 is 19.3. The molecule has 0 radical (unpaired) electrons. The van der Waals surface area contributed by atoms with E-state index < -0.39 is 0 Å². The van der Waals surface area contributed by atoms with Crippen molar-refractivity contribution >= 4 is 44.2 Å². The fourth-order valence-electron chi connectivity index (χ4n) is 3.33. The summed E-state index contributed by atoms with van der Waals surface area (Å²) in [4.78, 5) is 23.6. The first-order valence-corrected chi connectivity index (χ1v) is 11.4. The number of fused-ring (bicyclic) bond motifs is 1. The summed E-state index contributed by atoms with van der Waals surface area (Å²) >= 11 is 7.74. The van der Waals surface area contributed by atoms with Gasteiger partial charge < -0.3 is 18.8 Å². The van der Waals surface area contributed by atoms with E-state index in [4.69, 9.17) is 25.8 Å². The fourth-order valence-corrected chi connectivity index (χ4v) is 4.63. The average Bonchev–Trinajstić information content (AvgIpc) is 3.51. The molecule has 1 amide bonds. The normalized spacial score (nSPS) is 10.9. The van der Waals surface area contributed by atoms with Gasteiger partial charge >= 0.3 is 0 Å². The first kappa shape index (κ1) is 22.9. The SMILES string of the molecule is COc1ccccc1OCC(=O)N(CCCn1ccnc1)c1nc2c(OC)ccc(Cl)c2s1. The second-order valence-corrected chi connectivity index (χ2v) is 8.45. The zero-order chi connectivity index (χ0) is 23.2. The number of hydrogen-bond acceptors (Lipinski definition) is 7. The number of carbonyl (C=O) groups excluding carboxylic acids is 1. The molecule has 2 heterocycles. The Hall–Kier alpha value is -3.30. The molecule has 0 aliphatic rings. The van der Waals surface area contributed by atoms with Gasteiger partial charge in [-0.1, -0.05) is 35.1 Å². The first-order valence-electron chi connectivity index (χ1n) is 10.3. The minimum Gasteiger partial charge on any atom is -0.494 e. The summed E-state index contributed by atoms with van der Waals surface area (Å²) in [6.07, 6.45) is 6.07. The predicted molar refractivity (Wildman–Crippen MR) is 129 cm³/mol. The van der Waals surface area contributed by atoms with Gasteiger partial charge in [-0.15, -0.1) is 0 Å². The molecule has 2 aromatic carbocycles. The summed E-state index contributed by atoms with van der Waals surface area (Å²) in [5.74, 6) is 1.45. The Labute approximate surface area is 200 Å². The van der Waals surface area contributed by atoms with Crippen LogP contribution in [0.25, 0.3) is 10.2 Å². The molecule has 0 spiro atoms. The van der Waals surface area contributed by atoms with Crippen LogP contribution in [0.1, 0.15) is 6.42 Å². The predicted octanol–water partition coefficient (Wildman–Crippen LogP) is 4.67. The molecule has 0 unspecified atom stereocenters. The van der Waals surface area contributed by atoms with E-state index in [0.717, 1.165) is 4.70 Å². The van der Waals surface area contributed by atoms with E-state index in [1.54, 1.807) is 55.9 Å². The van der Waals surface area contributed by atoms with Crippen molar-refractivity contribution in [2.75, 3.05) is 32.3 Å². The Morgan fingerprint density at radius 2 is 1.91 bits per heavy atom. The average molecular weight is 487 g/mol. The van der Waals surface area contributed by atoms with E-state index >= 15 is 0 Å². The van der Waals surface area contributed by atoms with Gasteiger partial charge in [0.1, 0.15) is 11.3 Å². The van der Waals surface area contributed by atoms with Crippen molar-refractivity contribution in [1.29, 1.82) is 0 Å². The lowest BCUT2D eigenvalue weighted by molar-refractivity contribution is -0.120. The topological polar surface area (TPSA) is 78.7 Å². The number of anilines is 1. The zero-order valence-corrected chi connectivity index (χ0v) is 19.8. The second kappa shape index (κ2) is 10.5. The van der Waals surface area contributed by atoms with Gasteiger partial charge in [-0.3, -0.25) is 9.69 Å². The molecule has 33 heavy (non-hydrogen) atoms. The molecule has 0 aliphatic carbocycles. The van der Waals surface area contributed by atoms with Crippen molar-refractivity contribution in [3.8, 4) is 17.2 Å². The van der Waals surface area contributed by atoms with Gasteiger partial charge in [0.05, 0.1) is 30.3 Å². The maximum atomic E-state index is 13.3. The number of amides is 1. The lowest BCUT2D eigenvalue weighted by Gasteiger charge is -2.20. The number of hydrogen-bond donors (Lipinski definition) is 0. The molecule has 4 aromatic rings. The molecule has 0 fully saturated rings. The van der Waals surface area contributed by atoms with E-state index in [2.05, 4.69) is 9.97 Å². The highest BCUT2D eigenvalue weighted by molar-refractivity contribution is 7.23. The molecule has 10 heteroatoms. The van der Waals surface area contributed by atoms with E-state index in [1.807, 2.05) is 22.9 Å². The molecule has 0 bridgehead atoms. The number of carbonyl (C=O) groups is 1. The van der Waals surface area contributed by atoms with Crippen LogP contribution in [0, 0.1) is 0 Å². The van der Waals surface area contributed by atoms with Crippen molar-refractivity contribution in [1.82, 2.24) is 14.5 Å². The minimum absolute atomic E-state index is 0.160. The van der Waals surface area contributed by atoms with Crippen LogP contribution >= 0.6 is 22.9 Å². The maximum Gasteiger partial charge on any atom is 0.266 e. The van der Waals surface area contributed by atoms with Crippen LogP contribution < -0.4 is 19.1 Å². The molecular weight excluding hydrogens is 464 g/mol. The molecule has 2 aromatic heterocycles. The number of aryl methyl sites for hydroxylation is 1. The second-order valence-electron chi connectivity index (χ2n) is 7.06. The molecule has 0 N–H and O–H groups in total. The molecular formula is C23H23ClN4O4S. The Balaban J connectivity index is 1.58. The van der Waals surface area contributed by atoms with Crippen LogP contribution in [-0.2, 0) is 11.3 Å². The molecule has 172 valence electrons. The Morgan fingerprint density at radius 3 is 2.64 bits per heavy atom. The first-order chi connectivity index (χ1) is 16.1. The number of halogens is 1. The van der Waals surface area contributed by atoms with Gasteiger partial charge in [-0.05, 0) is 30.7 Å². The van der Waals surface area contributed by atoms with Crippen LogP contribution in [0.5, 0.6) is 17.2 Å². The van der Waals surface area contributed by atoms with Crippen LogP contribution in [-0.4, -0.2) is 47.8 Å². The van der Waals surface area contributed by atoms with Gasteiger partial charge in [-0.25, -0.2) is 9.97 Å². The molecule has 0 atom stereocenters. The Morgan fingerprint density at radius 1 is 1.12 bits per heavy atom. The monoisotopic (exact) mass is 486 g/mol. The number of benzene rings is 2. The maximum absolute atomic E-state index is 13.3. The summed E-state index contributed by atoms with van der Waals surface area (Å²) in [6.45, 7) is 1.00. The van der Waals surface area contributed by atoms with E-state index in [0.29, 0.717) is 52.4 Å². The van der Waals surface area contributed by atoms with Gasteiger partial charge in [0.2, 0.25) is 0 Å². The van der Waals surface area contributed by atoms with Crippen molar-refractivity contribution in [2.24, 2.45) is 0 Å². The largest absolute Gasteiger partial charge is 0.494 e. The number of ether oxygens (including phenoxy) is 3. The third-order valence-electron chi connectivity index (χ3n) is 4.98. The van der Waals surface area contributed by atoms with Gasteiger partial charge in [0.15, 0.2) is 23.2 Å². The standard InChI is InChI=1S/C23H23ClN4O4S/c1-30-17-6-3-4-7-18(17)32-14-20(29)28(12-5-11-27-13-10-25-15-27)23-26-21-19(31-2)9-8-16(24)22(21)33-23/h3-4,6-10,13,15H,5,11-12,14H2,1-2H3. The van der Waals surface area contributed by atoms with Crippen molar-refractivity contribution in [2.45, 2.75) is 13.0 Å². The molecule has 0 saturated heterocycles. The number of aromatic nitrogens is 3. The molecule has 4 rings (SSSR count). The third kappa shape index (κ3) is 5.20. The van der Waals surface area contributed by atoms with E-state index in [-0.39, 0.29) is 12.5 Å².